The molecule has 1 aliphatic rings. The zero-order valence-electron chi connectivity index (χ0n) is 10.0. The van der Waals surface area contributed by atoms with Crippen molar-refractivity contribution < 1.29 is 8.78 Å². The molecule has 0 N–H and O–H groups in total. The van der Waals surface area contributed by atoms with E-state index >= 15 is 0 Å². The highest BCUT2D eigenvalue weighted by Crippen LogP contribution is 2.32. The summed E-state index contributed by atoms with van der Waals surface area (Å²) in [6.45, 7) is 4.26. The second-order valence-electron chi connectivity index (χ2n) is 5.13. The first-order chi connectivity index (χ1) is 8.41. The maximum atomic E-state index is 14.1. The van der Waals surface area contributed by atoms with Gasteiger partial charge in [0.05, 0.1) is 0 Å². The highest BCUT2D eigenvalue weighted by atomic mass is 79.9. The summed E-state index contributed by atoms with van der Waals surface area (Å²) < 4.78 is 28.4. The van der Waals surface area contributed by atoms with E-state index in [1.165, 1.54) is 11.3 Å². The molecule has 0 saturated carbocycles. The topological polar surface area (TPSA) is 0 Å². The largest absolute Gasteiger partial charge is 0.207 e. The van der Waals surface area contributed by atoms with Crippen molar-refractivity contribution in [2.24, 2.45) is 0 Å². The quantitative estimate of drug-likeness (QED) is 0.650. The number of benzene rings is 2. The van der Waals surface area contributed by atoms with Crippen LogP contribution < -0.4 is 10.4 Å². The summed E-state index contributed by atoms with van der Waals surface area (Å²) in [4.78, 5) is 0. The van der Waals surface area contributed by atoms with Crippen LogP contribution in [-0.2, 0) is 0 Å². The van der Waals surface area contributed by atoms with Crippen molar-refractivity contribution in [3.8, 4) is 11.1 Å². The second kappa shape index (κ2) is 3.74. The van der Waals surface area contributed by atoms with E-state index in [-0.39, 0.29) is 0 Å². The van der Waals surface area contributed by atoms with E-state index in [4.69, 9.17) is 0 Å². The third kappa shape index (κ3) is 1.52. The standard InChI is InChI=1S/C14H11BrF2Si/c1-18(2)12-4-3-8(15)5-10(12)14-11(17)6-9(16)7-13(14)18/h3-7H,1-2H3. The molecule has 0 aromatic heterocycles. The van der Waals surface area contributed by atoms with Gasteiger partial charge in [-0.2, -0.15) is 0 Å². The van der Waals surface area contributed by atoms with Gasteiger partial charge < -0.3 is 0 Å². The Morgan fingerprint density at radius 1 is 1.00 bits per heavy atom. The molecule has 18 heavy (non-hydrogen) atoms. The fourth-order valence-electron chi connectivity index (χ4n) is 2.75. The SMILES string of the molecule is C[Si]1(C)c2ccc(Br)cc2-c2c(F)cc(F)cc21. The molecule has 1 aliphatic heterocycles. The lowest BCUT2D eigenvalue weighted by molar-refractivity contribution is 0.587. The zero-order chi connectivity index (χ0) is 13.1. The summed E-state index contributed by atoms with van der Waals surface area (Å²) in [7, 11) is -1.97. The Labute approximate surface area is 114 Å². The monoisotopic (exact) mass is 324 g/mol. The molecule has 0 fully saturated rings. The van der Waals surface area contributed by atoms with Crippen LogP contribution in [0, 0.1) is 11.6 Å². The molecule has 3 rings (SSSR count). The summed E-state index contributed by atoms with van der Waals surface area (Å²) in [5.41, 5.74) is 1.50. The normalized spacial score (nSPS) is 15.4. The molecule has 2 aromatic carbocycles. The number of hydrogen-bond acceptors (Lipinski definition) is 0. The maximum absolute atomic E-state index is 14.1. The second-order valence-corrected chi connectivity index (χ2v) is 10.4. The Morgan fingerprint density at radius 3 is 2.44 bits per heavy atom. The van der Waals surface area contributed by atoms with Crippen LogP contribution in [0.2, 0.25) is 13.1 Å². The van der Waals surface area contributed by atoms with Crippen LogP contribution in [0.15, 0.2) is 34.8 Å². The molecule has 0 unspecified atom stereocenters. The van der Waals surface area contributed by atoms with Crippen molar-refractivity contribution in [1.82, 2.24) is 0 Å². The van der Waals surface area contributed by atoms with E-state index in [9.17, 15) is 8.78 Å². The first kappa shape index (κ1) is 12.1. The predicted octanol–water partition coefficient (Wildman–Crippen LogP) is 3.53. The van der Waals surface area contributed by atoms with Crippen molar-refractivity contribution in [3.05, 3.63) is 46.4 Å². The van der Waals surface area contributed by atoms with E-state index in [2.05, 4.69) is 29.0 Å². The molecule has 0 atom stereocenters. The van der Waals surface area contributed by atoms with Gasteiger partial charge in [0.15, 0.2) is 0 Å². The highest BCUT2D eigenvalue weighted by molar-refractivity contribution is 9.10. The molecule has 2 aromatic rings. The van der Waals surface area contributed by atoms with Gasteiger partial charge in [0.2, 0.25) is 0 Å². The number of fused-ring (bicyclic) bond motifs is 3. The van der Waals surface area contributed by atoms with E-state index in [0.717, 1.165) is 21.3 Å². The number of rotatable bonds is 0. The molecular weight excluding hydrogens is 314 g/mol. The first-order valence-corrected chi connectivity index (χ1v) is 9.50. The minimum atomic E-state index is -1.97. The minimum Gasteiger partial charge on any atom is -0.207 e. The molecule has 92 valence electrons. The van der Waals surface area contributed by atoms with Crippen LogP contribution in [0.5, 0.6) is 0 Å². The molecule has 0 saturated heterocycles. The molecule has 0 amide bonds. The summed E-state index contributed by atoms with van der Waals surface area (Å²) in [5.74, 6) is -0.943. The predicted molar refractivity (Wildman–Crippen MR) is 76.2 cm³/mol. The lowest BCUT2D eigenvalue weighted by atomic mass is 10.1. The average Bonchev–Trinajstić information content (AvgIpc) is 2.47. The van der Waals surface area contributed by atoms with Gasteiger partial charge in [-0.1, -0.05) is 35.1 Å². The molecule has 0 bridgehead atoms. The minimum absolute atomic E-state index is 0.456. The maximum Gasteiger partial charge on any atom is 0.133 e. The van der Waals surface area contributed by atoms with Crippen molar-refractivity contribution in [3.63, 3.8) is 0 Å². The van der Waals surface area contributed by atoms with Gasteiger partial charge in [-0.25, -0.2) is 8.78 Å². The zero-order valence-corrected chi connectivity index (χ0v) is 12.6. The number of hydrogen-bond donors (Lipinski definition) is 0. The van der Waals surface area contributed by atoms with Crippen molar-refractivity contribution >= 4 is 34.4 Å². The summed E-state index contributed by atoms with van der Waals surface area (Å²) in [6, 6.07) is 8.39. The van der Waals surface area contributed by atoms with Gasteiger partial charge in [0.25, 0.3) is 0 Å². The van der Waals surface area contributed by atoms with E-state index < -0.39 is 19.7 Å². The van der Waals surface area contributed by atoms with Gasteiger partial charge in [-0.05, 0) is 34.1 Å². The average molecular weight is 325 g/mol. The van der Waals surface area contributed by atoms with Crippen LogP contribution in [0.1, 0.15) is 0 Å². The first-order valence-electron chi connectivity index (χ1n) is 5.71. The third-order valence-corrected chi connectivity index (χ3v) is 7.67. The Balaban J connectivity index is 2.44. The molecule has 0 nitrogen and oxygen atoms in total. The van der Waals surface area contributed by atoms with Gasteiger partial charge in [0.1, 0.15) is 19.7 Å². The van der Waals surface area contributed by atoms with Gasteiger partial charge in [-0.3, -0.25) is 0 Å². The molecular formula is C14H11BrF2Si. The van der Waals surface area contributed by atoms with Crippen molar-refractivity contribution in [2.75, 3.05) is 0 Å². The van der Waals surface area contributed by atoms with E-state index in [1.807, 2.05) is 18.2 Å². The van der Waals surface area contributed by atoms with Crippen LogP contribution in [0.25, 0.3) is 11.1 Å². The molecule has 1 heterocycles. The van der Waals surface area contributed by atoms with Crippen LogP contribution >= 0.6 is 15.9 Å². The Hall–Kier alpha value is -1.00. The Bertz CT molecular complexity index is 665. The van der Waals surface area contributed by atoms with Crippen molar-refractivity contribution in [1.29, 1.82) is 0 Å². The van der Waals surface area contributed by atoms with Crippen LogP contribution in [0.3, 0.4) is 0 Å². The van der Waals surface area contributed by atoms with E-state index in [0.29, 0.717) is 5.56 Å². The fourth-order valence-corrected chi connectivity index (χ4v) is 6.15. The summed E-state index contributed by atoms with van der Waals surface area (Å²) in [6.07, 6.45) is 0. The molecule has 0 radical (unpaired) electrons. The lowest BCUT2D eigenvalue weighted by Gasteiger charge is -2.18. The lowest BCUT2D eigenvalue weighted by Crippen LogP contribution is -2.49. The Kier molecular flexibility index (Phi) is 2.51. The molecule has 0 aliphatic carbocycles. The van der Waals surface area contributed by atoms with Crippen LogP contribution in [0.4, 0.5) is 8.78 Å². The summed E-state index contributed by atoms with van der Waals surface area (Å²) >= 11 is 3.41. The smallest absolute Gasteiger partial charge is 0.133 e. The van der Waals surface area contributed by atoms with Gasteiger partial charge >= 0.3 is 0 Å². The summed E-state index contributed by atoms with van der Waals surface area (Å²) in [5, 5.41) is 2.03. The fraction of sp³-hybridized carbons (Fsp3) is 0.143. The van der Waals surface area contributed by atoms with Crippen molar-refractivity contribution in [2.45, 2.75) is 13.1 Å². The third-order valence-electron chi connectivity index (χ3n) is 3.65. The molecule has 4 heteroatoms. The van der Waals surface area contributed by atoms with Crippen LogP contribution in [-0.4, -0.2) is 8.07 Å². The van der Waals surface area contributed by atoms with E-state index in [1.54, 1.807) is 0 Å². The van der Waals surface area contributed by atoms with Gasteiger partial charge in [0, 0.05) is 16.1 Å². The highest BCUT2D eigenvalue weighted by Gasteiger charge is 2.39. The molecule has 0 spiro atoms. The number of halogens is 3. The Morgan fingerprint density at radius 2 is 1.72 bits per heavy atom. The van der Waals surface area contributed by atoms with Gasteiger partial charge in [-0.15, -0.1) is 0 Å².